The first-order chi connectivity index (χ1) is 12.2. The van der Waals surface area contributed by atoms with E-state index in [1.165, 1.54) is 11.3 Å². The fourth-order valence-corrected chi connectivity index (χ4v) is 3.58. The second kappa shape index (κ2) is 9.19. The van der Waals surface area contributed by atoms with Crippen LogP contribution in [0.15, 0.2) is 46.3 Å². The van der Waals surface area contributed by atoms with Gasteiger partial charge >= 0.3 is 6.09 Å². The first-order valence-corrected chi connectivity index (χ1v) is 9.91. The summed E-state index contributed by atoms with van der Waals surface area (Å²) in [5, 5.41) is 5.73. The highest BCUT2D eigenvalue weighted by molar-refractivity contribution is 9.11. The highest BCUT2D eigenvalue weighted by Crippen LogP contribution is 2.22. The molecule has 0 saturated carbocycles. The van der Waals surface area contributed by atoms with Crippen molar-refractivity contribution in [1.82, 2.24) is 10.6 Å². The number of halogens is 1. The topological polar surface area (TPSA) is 67.4 Å². The maximum atomic E-state index is 12.5. The minimum atomic E-state index is -0.564. The lowest BCUT2D eigenvalue weighted by Crippen LogP contribution is -2.45. The number of rotatable bonds is 6. The van der Waals surface area contributed by atoms with Gasteiger partial charge in [0.05, 0.1) is 14.7 Å². The number of hydrogen-bond acceptors (Lipinski definition) is 4. The number of carbonyl (C=O) groups is 2. The maximum absolute atomic E-state index is 12.5. The fourth-order valence-electron chi connectivity index (χ4n) is 2.29. The van der Waals surface area contributed by atoms with Gasteiger partial charge in [0.1, 0.15) is 5.60 Å². The van der Waals surface area contributed by atoms with Crippen LogP contribution in [-0.2, 0) is 11.2 Å². The van der Waals surface area contributed by atoms with Gasteiger partial charge in [-0.1, -0.05) is 30.3 Å². The summed E-state index contributed by atoms with van der Waals surface area (Å²) in [6.07, 6.45) is 0.109. The van der Waals surface area contributed by atoms with E-state index in [1.807, 2.05) is 57.2 Å². The summed E-state index contributed by atoms with van der Waals surface area (Å²) in [5.74, 6) is -0.160. The molecule has 0 bridgehead atoms. The average molecular weight is 439 g/mol. The second-order valence-corrected chi connectivity index (χ2v) is 9.31. The van der Waals surface area contributed by atoms with Crippen molar-refractivity contribution in [2.75, 3.05) is 6.54 Å². The molecule has 0 fully saturated rings. The molecular weight excluding hydrogens is 416 g/mol. The maximum Gasteiger partial charge on any atom is 0.407 e. The minimum absolute atomic E-state index is 0.160. The van der Waals surface area contributed by atoms with Gasteiger partial charge in [-0.2, -0.15) is 0 Å². The van der Waals surface area contributed by atoms with E-state index < -0.39 is 11.7 Å². The van der Waals surface area contributed by atoms with Crippen LogP contribution in [0, 0.1) is 0 Å². The van der Waals surface area contributed by atoms with Crippen LogP contribution in [0.25, 0.3) is 0 Å². The van der Waals surface area contributed by atoms with Gasteiger partial charge in [-0.15, -0.1) is 11.3 Å². The summed E-state index contributed by atoms with van der Waals surface area (Å²) >= 11 is 4.73. The van der Waals surface area contributed by atoms with E-state index in [2.05, 4.69) is 26.6 Å². The van der Waals surface area contributed by atoms with Gasteiger partial charge in [0.2, 0.25) is 0 Å². The van der Waals surface area contributed by atoms with Crippen LogP contribution in [0.1, 0.15) is 36.0 Å². The van der Waals surface area contributed by atoms with E-state index in [4.69, 9.17) is 4.74 Å². The van der Waals surface area contributed by atoms with Crippen LogP contribution in [-0.4, -0.2) is 30.2 Å². The molecule has 2 aromatic rings. The molecule has 7 heteroatoms. The van der Waals surface area contributed by atoms with Crippen molar-refractivity contribution in [2.24, 2.45) is 0 Å². The molecule has 1 atom stereocenters. The lowest BCUT2D eigenvalue weighted by Gasteiger charge is -2.22. The first kappa shape index (κ1) is 20.5. The van der Waals surface area contributed by atoms with Crippen LogP contribution in [0.4, 0.5) is 4.79 Å². The largest absolute Gasteiger partial charge is 0.444 e. The van der Waals surface area contributed by atoms with Crippen molar-refractivity contribution in [3.05, 3.63) is 56.7 Å². The zero-order valence-electron chi connectivity index (χ0n) is 15.0. The molecule has 2 rings (SSSR count). The Balaban J connectivity index is 2.01. The zero-order chi connectivity index (χ0) is 19.2. The van der Waals surface area contributed by atoms with Gasteiger partial charge in [0, 0.05) is 6.54 Å². The lowest BCUT2D eigenvalue weighted by molar-refractivity contribution is 0.0520. The molecule has 2 N–H and O–H groups in total. The summed E-state index contributed by atoms with van der Waals surface area (Å²) in [4.78, 5) is 25.0. The smallest absolute Gasteiger partial charge is 0.407 e. The molecule has 1 unspecified atom stereocenters. The normalized spacial score (nSPS) is 12.3. The quantitative estimate of drug-likeness (QED) is 0.702. The molecule has 0 saturated heterocycles. The third kappa shape index (κ3) is 7.17. The molecule has 5 nitrogen and oxygen atoms in total. The molecular formula is C19H23BrN2O3S. The van der Waals surface area contributed by atoms with E-state index in [-0.39, 0.29) is 18.5 Å². The van der Waals surface area contributed by atoms with Crippen molar-refractivity contribution in [1.29, 1.82) is 0 Å². The number of alkyl carbamates (subject to hydrolysis) is 1. The van der Waals surface area contributed by atoms with Gasteiger partial charge in [0.25, 0.3) is 5.91 Å². The minimum Gasteiger partial charge on any atom is -0.444 e. The number of thiophene rings is 1. The van der Waals surface area contributed by atoms with Crippen molar-refractivity contribution in [2.45, 2.75) is 38.8 Å². The van der Waals surface area contributed by atoms with E-state index in [0.717, 1.165) is 9.35 Å². The molecule has 0 spiro atoms. The van der Waals surface area contributed by atoms with Crippen LogP contribution >= 0.6 is 27.3 Å². The van der Waals surface area contributed by atoms with Crippen LogP contribution in [0.3, 0.4) is 0 Å². The summed E-state index contributed by atoms with van der Waals surface area (Å²) in [5.41, 5.74) is 0.516. The van der Waals surface area contributed by atoms with Gasteiger partial charge in [-0.25, -0.2) is 4.79 Å². The zero-order valence-corrected chi connectivity index (χ0v) is 17.4. The molecule has 140 valence electrons. The molecule has 1 heterocycles. The summed E-state index contributed by atoms with van der Waals surface area (Å²) in [6, 6.07) is 13.2. The predicted molar refractivity (Wildman–Crippen MR) is 108 cm³/mol. The summed E-state index contributed by atoms with van der Waals surface area (Å²) in [7, 11) is 0. The number of amides is 2. The van der Waals surface area contributed by atoms with Crippen molar-refractivity contribution < 1.29 is 14.3 Å². The Hall–Kier alpha value is -1.86. The van der Waals surface area contributed by atoms with Crippen LogP contribution in [0.2, 0.25) is 0 Å². The Morgan fingerprint density at radius 1 is 1.15 bits per heavy atom. The third-order valence-corrected chi connectivity index (χ3v) is 4.97. The predicted octanol–water partition coefficient (Wildman–Crippen LogP) is 4.38. The second-order valence-electron chi connectivity index (χ2n) is 6.85. The molecule has 0 aliphatic carbocycles. The Labute approximate surface area is 166 Å². The third-order valence-electron chi connectivity index (χ3n) is 3.35. The molecule has 1 aromatic carbocycles. The van der Waals surface area contributed by atoms with E-state index in [1.54, 1.807) is 6.07 Å². The average Bonchev–Trinajstić information content (AvgIpc) is 2.98. The number of hydrogen-bond donors (Lipinski definition) is 2. The van der Waals surface area contributed by atoms with Crippen molar-refractivity contribution in [3.63, 3.8) is 0 Å². The Morgan fingerprint density at radius 3 is 2.42 bits per heavy atom. The molecule has 2 amide bonds. The van der Waals surface area contributed by atoms with Crippen LogP contribution < -0.4 is 10.6 Å². The number of carbonyl (C=O) groups excluding carboxylic acids is 2. The number of nitrogens with one attached hydrogen (secondary N) is 2. The fraction of sp³-hybridized carbons (Fsp3) is 0.368. The van der Waals surface area contributed by atoms with Crippen LogP contribution in [0.5, 0.6) is 0 Å². The molecule has 0 radical (unpaired) electrons. The number of benzene rings is 1. The molecule has 0 aliphatic rings. The van der Waals surface area contributed by atoms with Crippen molar-refractivity contribution >= 4 is 39.3 Å². The molecule has 0 aliphatic heterocycles. The lowest BCUT2D eigenvalue weighted by atomic mass is 10.1. The van der Waals surface area contributed by atoms with Gasteiger partial charge in [0.15, 0.2) is 0 Å². The SMILES string of the molecule is CC(C)(C)OC(=O)NCC(Cc1ccccc1)NC(=O)c1ccc(Br)s1. The highest BCUT2D eigenvalue weighted by atomic mass is 79.9. The Kier molecular flexibility index (Phi) is 7.23. The number of ether oxygens (including phenoxy) is 1. The van der Waals surface area contributed by atoms with E-state index in [9.17, 15) is 9.59 Å². The van der Waals surface area contributed by atoms with Gasteiger partial charge < -0.3 is 15.4 Å². The summed E-state index contributed by atoms with van der Waals surface area (Å²) < 4.78 is 6.16. The molecule has 1 aromatic heterocycles. The molecule has 26 heavy (non-hydrogen) atoms. The van der Waals surface area contributed by atoms with Gasteiger partial charge in [-0.3, -0.25) is 4.79 Å². The van der Waals surface area contributed by atoms with E-state index in [0.29, 0.717) is 11.3 Å². The van der Waals surface area contributed by atoms with Crippen molar-refractivity contribution in [3.8, 4) is 0 Å². The Bertz CT molecular complexity index is 741. The highest BCUT2D eigenvalue weighted by Gasteiger charge is 2.20. The standard InChI is InChI=1S/C19H23BrN2O3S/c1-19(2,3)25-18(24)21-12-14(11-13-7-5-4-6-8-13)22-17(23)15-9-10-16(20)26-15/h4-10,14H,11-12H2,1-3H3,(H,21,24)(H,22,23). The Morgan fingerprint density at radius 2 is 1.85 bits per heavy atom. The van der Waals surface area contributed by atoms with Gasteiger partial charge in [-0.05, 0) is 60.8 Å². The first-order valence-electron chi connectivity index (χ1n) is 8.30. The monoisotopic (exact) mass is 438 g/mol. The van der Waals surface area contributed by atoms with E-state index >= 15 is 0 Å². The summed E-state index contributed by atoms with van der Waals surface area (Å²) in [6.45, 7) is 5.71.